The Morgan fingerprint density at radius 3 is 2.17 bits per heavy atom. The van der Waals surface area contributed by atoms with Gasteiger partial charge in [-0.3, -0.25) is 10.1 Å². The van der Waals surface area contributed by atoms with E-state index in [0.29, 0.717) is 0 Å². The van der Waals surface area contributed by atoms with Gasteiger partial charge in [-0.2, -0.15) is 0 Å². The van der Waals surface area contributed by atoms with Crippen LogP contribution >= 0.6 is 0 Å². The number of nitrogens with zero attached hydrogens (tertiary/aromatic N) is 1. The van der Waals surface area contributed by atoms with Crippen molar-refractivity contribution in [3.63, 3.8) is 0 Å². The van der Waals surface area contributed by atoms with Crippen LogP contribution in [0.4, 0.5) is 5.69 Å². The van der Waals surface area contributed by atoms with Crippen molar-refractivity contribution in [3.05, 3.63) is 34.4 Å². The summed E-state index contributed by atoms with van der Waals surface area (Å²) in [5.41, 5.74) is -0.262. The largest absolute Gasteiger partial charge is 1.00 e. The summed E-state index contributed by atoms with van der Waals surface area (Å²) in [4.78, 5) is 9.44. The summed E-state index contributed by atoms with van der Waals surface area (Å²) in [6.45, 7) is 0. The number of phenolic OH excluding ortho intramolecular Hbond substituents is 1. The van der Waals surface area contributed by atoms with E-state index < -0.39 is 4.92 Å². The van der Waals surface area contributed by atoms with Gasteiger partial charge < -0.3 is 5.11 Å². The molecular weight excluding hydrogens is 168 g/mol. The minimum Gasteiger partial charge on any atom is -0.502 e. The van der Waals surface area contributed by atoms with Crippen LogP contribution in [0.2, 0.25) is 0 Å². The first kappa shape index (κ1) is 14.0. The first-order valence-electron chi connectivity index (χ1n) is 2.64. The molecular formula is C6H9BNNaO3. The molecule has 60 valence electrons. The molecule has 0 bridgehead atoms. The van der Waals surface area contributed by atoms with Gasteiger partial charge in [-0.1, -0.05) is 20.5 Å². The molecule has 0 heterocycles. The Hall–Kier alpha value is -0.515. The number of hydrogen-bond donors (Lipinski definition) is 1. The van der Waals surface area contributed by atoms with Gasteiger partial charge in [0, 0.05) is 6.07 Å². The quantitative estimate of drug-likeness (QED) is 0.280. The number of hydrogen-bond acceptors (Lipinski definition) is 3. The SMILES string of the molecule is O=[N+]([O-])c1ccccc1O.[BH4-].[Na+]. The van der Waals surface area contributed by atoms with Crippen LogP contribution < -0.4 is 29.6 Å². The molecule has 1 N–H and O–H groups in total. The van der Waals surface area contributed by atoms with Crippen molar-refractivity contribution in [2.75, 3.05) is 0 Å². The van der Waals surface area contributed by atoms with Crippen molar-refractivity contribution in [1.29, 1.82) is 0 Å². The summed E-state index contributed by atoms with van der Waals surface area (Å²) in [5, 5.41) is 18.9. The zero-order valence-corrected chi connectivity index (χ0v) is 8.02. The Balaban J connectivity index is 0. The van der Waals surface area contributed by atoms with E-state index >= 15 is 0 Å². The second kappa shape index (κ2) is 6.05. The minimum atomic E-state index is -0.630. The third-order valence-electron chi connectivity index (χ3n) is 1.08. The standard InChI is InChI=1S/C6H5NO3.BH4.Na/c8-6-4-2-1-3-5(6)7(9)10;;/h1-4,8H;1H4;/q;-1;+1. The number of benzene rings is 1. The van der Waals surface area contributed by atoms with Crippen LogP contribution in [-0.2, 0) is 0 Å². The van der Waals surface area contributed by atoms with Crippen molar-refractivity contribution in [3.8, 4) is 5.75 Å². The number of aromatic hydroxyl groups is 1. The molecule has 1 rings (SSSR count). The van der Waals surface area contributed by atoms with Gasteiger partial charge in [-0.25, -0.2) is 0 Å². The monoisotopic (exact) mass is 177 g/mol. The molecule has 0 radical (unpaired) electrons. The summed E-state index contributed by atoms with van der Waals surface area (Å²) >= 11 is 0. The molecule has 0 aliphatic carbocycles. The summed E-state index contributed by atoms with van der Waals surface area (Å²) in [6, 6.07) is 5.55. The smallest absolute Gasteiger partial charge is 0.502 e. The number of rotatable bonds is 1. The maximum atomic E-state index is 10.1. The molecule has 1 aromatic rings. The van der Waals surface area contributed by atoms with Crippen molar-refractivity contribution < 1.29 is 39.6 Å². The van der Waals surface area contributed by atoms with Crippen molar-refractivity contribution in [1.82, 2.24) is 0 Å². The van der Waals surface area contributed by atoms with Gasteiger partial charge in [0.2, 0.25) is 0 Å². The molecule has 0 unspecified atom stereocenters. The Morgan fingerprint density at radius 1 is 1.33 bits per heavy atom. The second-order valence-electron chi connectivity index (χ2n) is 1.75. The van der Waals surface area contributed by atoms with Gasteiger partial charge in [0.15, 0.2) is 5.75 Å². The summed E-state index contributed by atoms with van der Waals surface area (Å²) in [5.74, 6) is -0.299. The van der Waals surface area contributed by atoms with Crippen molar-refractivity contribution >= 4 is 14.1 Å². The summed E-state index contributed by atoms with van der Waals surface area (Å²) < 4.78 is 0. The fourth-order valence-corrected chi connectivity index (χ4v) is 0.619. The predicted octanol–water partition coefficient (Wildman–Crippen LogP) is -3.15. The van der Waals surface area contributed by atoms with E-state index in [-0.39, 0.29) is 49.4 Å². The second-order valence-corrected chi connectivity index (χ2v) is 1.75. The molecule has 0 aliphatic rings. The first-order chi connectivity index (χ1) is 4.72. The van der Waals surface area contributed by atoms with Crippen LogP contribution in [0.15, 0.2) is 24.3 Å². The van der Waals surface area contributed by atoms with Crippen LogP contribution in [0.1, 0.15) is 0 Å². The van der Waals surface area contributed by atoms with Gasteiger partial charge in [-0.15, -0.1) is 0 Å². The predicted molar refractivity (Wildman–Crippen MR) is 46.1 cm³/mol. The van der Waals surface area contributed by atoms with Crippen LogP contribution in [-0.4, -0.2) is 18.4 Å². The zero-order valence-electron chi connectivity index (χ0n) is 6.02. The third kappa shape index (κ3) is 3.25. The van der Waals surface area contributed by atoms with E-state index in [4.69, 9.17) is 5.11 Å². The van der Waals surface area contributed by atoms with Crippen LogP contribution in [0, 0.1) is 10.1 Å². The average molecular weight is 177 g/mol. The van der Waals surface area contributed by atoms with Gasteiger partial charge in [0.05, 0.1) is 4.92 Å². The van der Waals surface area contributed by atoms with Crippen LogP contribution in [0.3, 0.4) is 0 Å². The molecule has 0 atom stereocenters. The van der Waals surface area contributed by atoms with Gasteiger partial charge >= 0.3 is 35.2 Å². The molecule has 0 aliphatic heterocycles. The van der Waals surface area contributed by atoms with Crippen molar-refractivity contribution in [2.24, 2.45) is 0 Å². The van der Waals surface area contributed by atoms with E-state index in [0.717, 1.165) is 0 Å². The van der Waals surface area contributed by atoms with E-state index in [1.807, 2.05) is 0 Å². The van der Waals surface area contributed by atoms with Gasteiger partial charge in [0.25, 0.3) is 0 Å². The normalized spacial score (nSPS) is 7.67. The van der Waals surface area contributed by atoms with Crippen LogP contribution in [0.25, 0.3) is 0 Å². The zero-order chi connectivity index (χ0) is 7.56. The third-order valence-corrected chi connectivity index (χ3v) is 1.08. The number of nitro groups is 1. The molecule has 6 heteroatoms. The molecule has 4 nitrogen and oxygen atoms in total. The van der Waals surface area contributed by atoms with E-state index in [9.17, 15) is 10.1 Å². The Morgan fingerprint density at radius 2 is 1.83 bits per heavy atom. The summed E-state index contributed by atoms with van der Waals surface area (Å²) in [6.07, 6.45) is 0. The molecule has 12 heavy (non-hydrogen) atoms. The fraction of sp³-hybridized carbons (Fsp3) is 0. The molecule has 0 saturated heterocycles. The van der Waals surface area contributed by atoms with Crippen LogP contribution in [0.5, 0.6) is 5.75 Å². The Labute approximate surface area is 93.6 Å². The Kier molecular flexibility index (Phi) is 7.08. The molecule has 0 saturated carbocycles. The minimum absolute atomic E-state index is 0. The molecule has 1 aromatic carbocycles. The van der Waals surface area contributed by atoms with E-state index in [1.54, 1.807) is 0 Å². The molecule has 0 amide bonds. The topological polar surface area (TPSA) is 63.4 Å². The maximum absolute atomic E-state index is 10.1. The van der Waals surface area contributed by atoms with Crippen molar-refractivity contribution in [2.45, 2.75) is 0 Å². The first-order valence-corrected chi connectivity index (χ1v) is 2.64. The fourth-order valence-electron chi connectivity index (χ4n) is 0.619. The van der Waals surface area contributed by atoms with Gasteiger partial charge in [-0.05, 0) is 6.07 Å². The number of para-hydroxylation sites is 2. The Bertz CT molecular complexity index is 269. The number of phenols is 1. The number of nitro benzene ring substituents is 1. The molecule has 0 fully saturated rings. The maximum Gasteiger partial charge on any atom is 1.00 e. The van der Waals surface area contributed by atoms with Gasteiger partial charge in [0.1, 0.15) is 0 Å². The average Bonchev–Trinajstić information content (AvgIpc) is 1.88. The molecule has 0 aromatic heterocycles. The molecule has 0 spiro atoms. The van der Waals surface area contributed by atoms with E-state index in [1.165, 1.54) is 24.3 Å². The summed E-state index contributed by atoms with van der Waals surface area (Å²) in [7, 11) is 0. The van der Waals surface area contributed by atoms with E-state index in [2.05, 4.69) is 0 Å².